The number of carbonyl (C=O) groups excluding carboxylic acids is 3. The van der Waals surface area contributed by atoms with Crippen LogP contribution in [-0.4, -0.2) is 48.1 Å². The minimum atomic E-state index is -0.909. The lowest BCUT2D eigenvalue weighted by atomic mass is 9.94. The first-order valence-corrected chi connectivity index (χ1v) is 14.6. The van der Waals surface area contributed by atoms with Gasteiger partial charge < -0.3 is 25.0 Å². The summed E-state index contributed by atoms with van der Waals surface area (Å²) >= 11 is 0. The quantitative estimate of drug-likeness (QED) is 0.255. The Morgan fingerprint density at radius 1 is 0.951 bits per heavy atom. The second-order valence-corrected chi connectivity index (χ2v) is 11.7. The van der Waals surface area contributed by atoms with Gasteiger partial charge in [-0.15, -0.1) is 0 Å². The number of methoxy groups -OCH3 is 1. The van der Waals surface area contributed by atoms with Crippen molar-refractivity contribution in [3.63, 3.8) is 0 Å². The zero-order valence-electron chi connectivity index (χ0n) is 26.3. The number of amides is 3. The van der Waals surface area contributed by atoms with E-state index in [2.05, 4.69) is 17.6 Å². The number of nitrogens with one attached hydrogen (secondary N) is 2. The van der Waals surface area contributed by atoms with Gasteiger partial charge in [0.15, 0.2) is 0 Å². The van der Waals surface area contributed by atoms with E-state index in [0.717, 1.165) is 30.4 Å². The first-order valence-electron chi connectivity index (χ1n) is 14.6. The maximum atomic E-state index is 14.4. The summed E-state index contributed by atoms with van der Waals surface area (Å²) < 4.78 is 10.8. The third kappa shape index (κ3) is 10.1. The topological polar surface area (TPSA) is 97.0 Å². The molecule has 0 heterocycles. The van der Waals surface area contributed by atoms with Crippen molar-refractivity contribution in [3.05, 3.63) is 59.2 Å². The number of benzene rings is 2. The Bertz CT molecular complexity index is 1160. The maximum Gasteiger partial charge on any atom is 0.408 e. The van der Waals surface area contributed by atoms with E-state index in [1.807, 2.05) is 45.9 Å². The van der Waals surface area contributed by atoms with Crippen LogP contribution in [0.25, 0.3) is 0 Å². The Kier molecular flexibility index (Phi) is 12.7. The third-order valence-corrected chi connectivity index (χ3v) is 7.20. The van der Waals surface area contributed by atoms with Crippen molar-refractivity contribution in [1.82, 2.24) is 10.2 Å². The summed E-state index contributed by atoms with van der Waals surface area (Å²) in [4.78, 5) is 42.9. The molecule has 3 unspecified atom stereocenters. The highest BCUT2D eigenvalue weighted by Gasteiger charge is 2.38. The van der Waals surface area contributed by atoms with Gasteiger partial charge in [0.1, 0.15) is 23.4 Å². The van der Waals surface area contributed by atoms with Crippen LogP contribution in [0.4, 0.5) is 10.5 Å². The van der Waals surface area contributed by atoms with Crippen LogP contribution in [0.3, 0.4) is 0 Å². The fourth-order valence-electron chi connectivity index (χ4n) is 4.49. The van der Waals surface area contributed by atoms with Gasteiger partial charge in [0.05, 0.1) is 7.11 Å². The predicted molar refractivity (Wildman–Crippen MR) is 164 cm³/mol. The lowest BCUT2D eigenvalue weighted by Crippen LogP contribution is -2.55. The number of carbonyl (C=O) groups is 3. The summed E-state index contributed by atoms with van der Waals surface area (Å²) in [7, 11) is 1.59. The van der Waals surface area contributed by atoms with Crippen LogP contribution in [0.2, 0.25) is 0 Å². The van der Waals surface area contributed by atoms with E-state index in [-0.39, 0.29) is 17.7 Å². The van der Waals surface area contributed by atoms with Crippen molar-refractivity contribution in [3.8, 4) is 5.75 Å². The van der Waals surface area contributed by atoms with E-state index in [1.54, 1.807) is 57.0 Å². The molecular weight excluding hydrogens is 518 g/mol. The molecule has 2 N–H and O–H groups in total. The van der Waals surface area contributed by atoms with Gasteiger partial charge in [-0.2, -0.15) is 0 Å². The van der Waals surface area contributed by atoms with Gasteiger partial charge in [-0.3, -0.25) is 9.59 Å². The fourth-order valence-corrected chi connectivity index (χ4v) is 4.49. The van der Waals surface area contributed by atoms with Crippen LogP contribution in [0.5, 0.6) is 5.75 Å². The molecule has 0 fully saturated rings. The monoisotopic (exact) mass is 567 g/mol. The zero-order valence-corrected chi connectivity index (χ0v) is 26.3. The normalized spacial score (nSPS) is 13.5. The molecule has 0 aliphatic rings. The summed E-state index contributed by atoms with van der Waals surface area (Å²) in [5.41, 5.74) is 2.71. The first kappa shape index (κ1) is 33.7. The highest BCUT2D eigenvalue weighted by Crippen LogP contribution is 2.28. The first-order chi connectivity index (χ1) is 19.3. The largest absolute Gasteiger partial charge is 0.497 e. The Morgan fingerprint density at radius 3 is 2.15 bits per heavy atom. The molecule has 0 spiro atoms. The Hall–Kier alpha value is -3.55. The molecule has 0 aliphatic carbocycles. The molecule has 0 radical (unpaired) electrons. The van der Waals surface area contributed by atoms with Crippen LogP contribution in [-0.2, 0) is 14.3 Å². The fraction of sp³-hybridized carbons (Fsp3) is 0.545. The molecule has 3 atom stereocenters. The smallest absolute Gasteiger partial charge is 0.408 e. The van der Waals surface area contributed by atoms with Gasteiger partial charge in [-0.05, 0) is 87.9 Å². The number of alkyl carbamates (subject to hydrolysis) is 1. The van der Waals surface area contributed by atoms with E-state index in [0.29, 0.717) is 30.0 Å². The molecule has 226 valence electrons. The number of hydrogen-bond donors (Lipinski definition) is 2. The van der Waals surface area contributed by atoms with E-state index in [1.165, 1.54) is 0 Å². The molecule has 0 saturated heterocycles. The van der Waals surface area contributed by atoms with Crippen molar-refractivity contribution in [2.24, 2.45) is 5.92 Å². The molecule has 2 rings (SSSR count). The molecular formula is C33H49N3O5. The summed E-state index contributed by atoms with van der Waals surface area (Å²) in [6.45, 7) is 15.7. The third-order valence-electron chi connectivity index (χ3n) is 7.20. The van der Waals surface area contributed by atoms with E-state index >= 15 is 0 Å². The van der Waals surface area contributed by atoms with E-state index in [4.69, 9.17) is 9.47 Å². The number of ether oxygens (including phenoxy) is 2. The van der Waals surface area contributed by atoms with Crippen LogP contribution in [0.1, 0.15) is 90.0 Å². The minimum absolute atomic E-state index is 0.186. The second kappa shape index (κ2) is 15.5. The number of aryl methyl sites for hydroxylation is 2. The second-order valence-electron chi connectivity index (χ2n) is 11.7. The highest BCUT2D eigenvalue weighted by atomic mass is 16.6. The zero-order chi connectivity index (χ0) is 30.7. The molecule has 0 saturated carbocycles. The van der Waals surface area contributed by atoms with Crippen LogP contribution in [0, 0.1) is 19.8 Å². The van der Waals surface area contributed by atoms with Gasteiger partial charge in [-0.25, -0.2) is 4.79 Å². The molecule has 0 aromatic heterocycles. The van der Waals surface area contributed by atoms with Crippen molar-refractivity contribution >= 4 is 23.6 Å². The molecule has 3 amide bonds. The molecule has 2 aromatic carbocycles. The standard InChI is InChI=1S/C33H49N3O5/c1-10-12-13-20-36(31(38)28(22(3)11-2)35-32(39)41-33(6,7)8)29(25-15-14-23(4)24(5)21-25)30(37)34-26-16-18-27(40-9)19-17-26/h14-19,21-22,28-29H,10-13,20H2,1-9H3,(H,34,37)(H,35,39). The molecule has 41 heavy (non-hydrogen) atoms. The Morgan fingerprint density at radius 2 is 1.61 bits per heavy atom. The average molecular weight is 568 g/mol. The van der Waals surface area contributed by atoms with E-state index < -0.39 is 23.8 Å². The van der Waals surface area contributed by atoms with Gasteiger partial charge in [-0.1, -0.05) is 58.2 Å². The summed E-state index contributed by atoms with van der Waals surface area (Å²) in [6, 6.07) is 11.1. The van der Waals surface area contributed by atoms with Crippen molar-refractivity contribution in [2.75, 3.05) is 19.0 Å². The minimum Gasteiger partial charge on any atom is -0.497 e. The maximum absolute atomic E-state index is 14.4. The van der Waals surface area contributed by atoms with Crippen molar-refractivity contribution < 1.29 is 23.9 Å². The van der Waals surface area contributed by atoms with Gasteiger partial charge >= 0.3 is 6.09 Å². The lowest BCUT2D eigenvalue weighted by molar-refractivity contribution is -0.142. The Labute approximate surface area is 246 Å². The molecule has 8 heteroatoms. The molecule has 0 aliphatic heterocycles. The number of hydrogen-bond acceptors (Lipinski definition) is 5. The number of rotatable bonds is 13. The van der Waals surface area contributed by atoms with E-state index in [9.17, 15) is 14.4 Å². The number of anilines is 1. The summed E-state index contributed by atoms with van der Waals surface area (Å²) in [6.07, 6.45) is 2.58. The van der Waals surface area contributed by atoms with Gasteiger partial charge in [0.2, 0.25) is 5.91 Å². The predicted octanol–water partition coefficient (Wildman–Crippen LogP) is 6.95. The molecule has 0 bridgehead atoms. The average Bonchev–Trinajstić information content (AvgIpc) is 2.91. The SMILES string of the molecule is CCCCCN(C(=O)C(NC(=O)OC(C)(C)C)C(C)CC)C(C(=O)Nc1ccc(OC)cc1)c1ccc(C)c(C)c1. The van der Waals surface area contributed by atoms with Gasteiger partial charge in [0.25, 0.3) is 5.91 Å². The van der Waals surface area contributed by atoms with Gasteiger partial charge in [0, 0.05) is 12.2 Å². The lowest BCUT2D eigenvalue weighted by Gasteiger charge is -2.36. The summed E-state index contributed by atoms with van der Waals surface area (Å²) in [5.74, 6) is -0.152. The van der Waals surface area contributed by atoms with Crippen LogP contribution >= 0.6 is 0 Å². The molecule has 8 nitrogen and oxygen atoms in total. The number of unbranched alkanes of at least 4 members (excludes halogenated alkanes) is 2. The van der Waals surface area contributed by atoms with Crippen LogP contribution < -0.4 is 15.4 Å². The number of nitrogens with zero attached hydrogens (tertiary/aromatic N) is 1. The summed E-state index contributed by atoms with van der Waals surface area (Å²) in [5, 5.41) is 5.83. The van der Waals surface area contributed by atoms with Crippen molar-refractivity contribution in [1.29, 1.82) is 0 Å². The highest BCUT2D eigenvalue weighted by molar-refractivity contribution is 5.99. The molecule has 2 aromatic rings. The Balaban J connectivity index is 2.58. The van der Waals surface area contributed by atoms with Crippen molar-refractivity contribution in [2.45, 2.75) is 98.8 Å². The van der Waals surface area contributed by atoms with Crippen LogP contribution in [0.15, 0.2) is 42.5 Å².